The zero-order chi connectivity index (χ0) is 17.1. The summed E-state index contributed by atoms with van der Waals surface area (Å²) in [6.07, 6.45) is 1.97. The van der Waals surface area contributed by atoms with Gasteiger partial charge in [0.1, 0.15) is 0 Å². The number of aromatic amines is 1. The van der Waals surface area contributed by atoms with E-state index in [2.05, 4.69) is 10.2 Å². The predicted octanol–water partition coefficient (Wildman–Crippen LogP) is 2.51. The number of ether oxygens (including phenoxy) is 1. The van der Waals surface area contributed by atoms with Crippen molar-refractivity contribution in [1.29, 1.82) is 0 Å². The molecule has 1 aliphatic heterocycles. The Morgan fingerprint density at radius 2 is 2.42 bits per heavy atom. The van der Waals surface area contributed by atoms with E-state index < -0.39 is 4.92 Å². The van der Waals surface area contributed by atoms with Gasteiger partial charge in [0.15, 0.2) is 5.16 Å². The lowest BCUT2D eigenvalue weighted by Gasteiger charge is -2.14. The van der Waals surface area contributed by atoms with Crippen LogP contribution in [0.2, 0.25) is 0 Å². The number of aromatic nitrogens is 3. The minimum atomic E-state index is -0.414. The number of hydrogen-bond donors (Lipinski definition) is 1. The molecular weight excluding hydrogens is 332 g/mol. The molecule has 2 heterocycles. The van der Waals surface area contributed by atoms with Gasteiger partial charge in [-0.3, -0.25) is 14.7 Å². The fraction of sp³-hybridized carbons (Fsp3) is 0.467. The Morgan fingerprint density at radius 1 is 1.58 bits per heavy atom. The highest BCUT2D eigenvalue weighted by Gasteiger charge is 2.21. The second-order valence-electron chi connectivity index (χ2n) is 5.67. The van der Waals surface area contributed by atoms with Crippen molar-refractivity contribution < 1.29 is 9.66 Å². The molecule has 0 aliphatic carbocycles. The van der Waals surface area contributed by atoms with Gasteiger partial charge in [-0.05, 0) is 25.3 Å². The zero-order valence-electron chi connectivity index (χ0n) is 13.2. The molecule has 0 saturated carbocycles. The molecule has 0 unspecified atom stereocenters. The van der Waals surface area contributed by atoms with Gasteiger partial charge in [-0.2, -0.15) is 0 Å². The second kappa shape index (κ2) is 7.18. The molecule has 0 radical (unpaired) electrons. The Bertz CT molecular complexity index is 782. The van der Waals surface area contributed by atoms with E-state index in [1.807, 2.05) is 13.0 Å². The van der Waals surface area contributed by atoms with Crippen LogP contribution in [0.1, 0.15) is 30.6 Å². The van der Waals surface area contributed by atoms with Crippen LogP contribution in [0, 0.1) is 10.1 Å². The highest BCUT2D eigenvalue weighted by atomic mass is 32.2. The second-order valence-corrected chi connectivity index (χ2v) is 6.98. The third kappa shape index (κ3) is 3.68. The summed E-state index contributed by atoms with van der Waals surface area (Å²) in [7, 11) is 0. The number of nitro groups is 1. The number of non-ortho nitro benzene ring substituents is 1. The number of H-pyrrole nitrogens is 1. The van der Waals surface area contributed by atoms with Crippen LogP contribution < -0.4 is 5.69 Å². The van der Waals surface area contributed by atoms with Crippen LogP contribution in [0.4, 0.5) is 5.69 Å². The summed E-state index contributed by atoms with van der Waals surface area (Å²) in [6, 6.07) is 6.50. The van der Waals surface area contributed by atoms with Gasteiger partial charge in [0.2, 0.25) is 0 Å². The molecule has 1 aromatic carbocycles. The average molecular weight is 350 g/mol. The van der Waals surface area contributed by atoms with Crippen LogP contribution >= 0.6 is 11.8 Å². The van der Waals surface area contributed by atoms with Crippen LogP contribution in [0.25, 0.3) is 0 Å². The molecule has 2 aromatic rings. The molecule has 1 saturated heterocycles. The normalized spacial score (nSPS) is 18.6. The highest BCUT2D eigenvalue weighted by Crippen LogP contribution is 2.34. The van der Waals surface area contributed by atoms with E-state index in [1.54, 1.807) is 16.7 Å². The first-order valence-electron chi connectivity index (χ1n) is 7.72. The van der Waals surface area contributed by atoms with E-state index in [0.29, 0.717) is 11.7 Å². The fourth-order valence-electron chi connectivity index (χ4n) is 2.66. The van der Waals surface area contributed by atoms with E-state index in [-0.39, 0.29) is 22.7 Å². The Balaban J connectivity index is 1.77. The first-order chi connectivity index (χ1) is 11.5. The van der Waals surface area contributed by atoms with Crippen LogP contribution in [0.15, 0.2) is 34.2 Å². The third-order valence-electron chi connectivity index (χ3n) is 3.97. The molecule has 24 heavy (non-hydrogen) atoms. The molecule has 2 atom stereocenters. The first kappa shape index (κ1) is 16.7. The van der Waals surface area contributed by atoms with Crippen LogP contribution in [0.3, 0.4) is 0 Å². The summed E-state index contributed by atoms with van der Waals surface area (Å²) in [5.41, 5.74) is 0.603. The van der Waals surface area contributed by atoms with Gasteiger partial charge in [0, 0.05) is 24.0 Å². The highest BCUT2D eigenvalue weighted by molar-refractivity contribution is 7.99. The number of hydrogen-bond acceptors (Lipinski definition) is 6. The van der Waals surface area contributed by atoms with Gasteiger partial charge < -0.3 is 4.74 Å². The lowest BCUT2D eigenvalue weighted by molar-refractivity contribution is -0.384. The van der Waals surface area contributed by atoms with Gasteiger partial charge in [0.05, 0.1) is 17.6 Å². The third-order valence-corrected chi connectivity index (χ3v) is 5.11. The minimum absolute atomic E-state index is 0.0350. The van der Waals surface area contributed by atoms with E-state index in [9.17, 15) is 14.9 Å². The fourth-order valence-corrected chi connectivity index (χ4v) is 3.65. The molecule has 0 spiro atoms. The summed E-state index contributed by atoms with van der Waals surface area (Å²) in [5.74, 6) is 0. The molecule has 0 amide bonds. The van der Waals surface area contributed by atoms with Crippen LogP contribution in [-0.4, -0.2) is 32.4 Å². The van der Waals surface area contributed by atoms with Gasteiger partial charge >= 0.3 is 5.69 Å². The SMILES string of the molecule is C[C@H](Sc1n[nH]c(=O)n1C[C@@H]1CCCO1)c1cccc([N+](=O)[O-])c1. The van der Waals surface area contributed by atoms with Gasteiger partial charge in [-0.1, -0.05) is 23.9 Å². The molecule has 0 bridgehead atoms. The topological polar surface area (TPSA) is 103 Å². The lowest BCUT2D eigenvalue weighted by atomic mass is 10.1. The number of rotatable bonds is 6. The van der Waals surface area contributed by atoms with Crippen molar-refractivity contribution in [2.45, 2.75) is 42.8 Å². The molecule has 3 rings (SSSR count). The van der Waals surface area contributed by atoms with E-state index >= 15 is 0 Å². The maximum absolute atomic E-state index is 12.0. The number of thioether (sulfide) groups is 1. The Labute approximate surface area is 142 Å². The molecule has 1 fully saturated rings. The largest absolute Gasteiger partial charge is 0.376 e. The van der Waals surface area contributed by atoms with E-state index in [4.69, 9.17) is 4.74 Å². The number of nitro benzene ring substituents is 1. The van der Waals surface area contributed by atoms with Crippen LogP contribution in [0.5, 0.6) is 0 Å². The number of nitrogens with one attached hydrogen (secondary N) is 1. The molecule has 128 valence electrons. The molecule has 1 N–H and O–H groups in total. The Kier molecular flexibility index (Phi) is 5.00. The van der Waals surface area contributed by atoms with Crippen molar-refractivity contribution >= 4 is 17.4 Å². The monoisotopic (exact) mass is 350 g/mol. The maximum atomic E-state index is 12.0. The Morgan fingerprint density at radius 3 is 3.12 bits per heavy atom. The van der Waals surface area contributed by atoms with Crippen molar-refractivity contribution in [3.05, 3.63) is 50.4 Å². The van der Waals surface area contributed by atoms with Crippen LogP contribution in [-0.2, 0) is 11.3 Å². The smallest absolute Gasteiger partial charge is 0.344 e. The lowest BCUT2D eigenvalue weighted by Crippen LogP contribution is -2.25. The van der Waals surface area contributed by atoms with Crippen molar-refractivity contribution in [2.24, 2.45) is 0 Å². The van der Waals surface area contributed by atoms with Gasteiger partial charge in [-0.15, -0.1) is 5.10 Å². The minimum Gasteiger partial charge on any atom is -0.376 e. The summed E-state index contributed by atoms with van der Waals surface area (Å²) in [4.78, 5) is 22.5. The van der Waals surface area contributed by atoms with Gasteiger partial charge in [-0.25, -0.2) is 9.89 Å². The molecule has 1 aliphatic rings. The maximum Gasteiger partial charge on any atom is 0.344 e. The molecular formula is C15H18N4O4S. The first-order valence-corrected chi connectivity index (χ1v) is 8.60. The summed E-state index contributed by atoms with van der Waals surface area (Å²) < 4.78 is 7.16. The molecule has 8 nitrogen and oxygen atoms in total. The quantitative estimate of drug-likeness (QED) is 0.488. The van der Waals surface area contributed by atoms with Crippen molar-refractivity contribution in [3.8, 4) is 0 Å². The standard InChI is InChI=1S/C15H18N4O4S/c1-10(11-4-2-5-12(8-11)19(21)22)24-15-17-16-14(20)18(15)9-13-6-3-7-23-13/h2,4-5,8,10,13H,3,6-7,9H2,1H3,(H,16,20)/t10-,13-/m0/s1. The molecule has 1 aromatic heterocycles. The summed E-state index contributed by atoms with van der Waals surface area (Å²) in [5, 5.41) is 17.9. The van der Waals surface area contributed by atoms with Crippen molar-refractivity contribution in [1.82, 2.24) is 14.8 Å². The average Bonchev–Trinajstić information content (AvgIpc) is 3.20. The van der Waals surface area contributed by atoms with E-state index in [1.165, 1.54) is 17.8 Å². The van der Waals surface area contributed by atoms with Crippen molar-refractivity contribution in [3.63, 3.8) is 0 Å². The van der Waals surface area contributed by atoms with E-state index in [0.717, 1.165) is 25.0 Å². The summed E-state index contributed by atoms with van der Waals surface area (Å²) in [6.45, 7) is 3.13. The number of nitrogens with zero attached hydrogens (tertiary/aromatic N) is 3. The predicted molar refractivity (Wildman–Crippen MR) is 89.2 cm³/mol. The number of benzene rings is 1. The van der Waals surface area contributed by atoms with Crippen molar-refractivity contribution in [2.75, 3.05) is 6.61 Å². The summed E-state index contributed by atoms with van der Waals surface area (Å²) >= 11 is 1.39. The Hall–Kier alpha value is -2.13. The van der Waals surface area contributed by atoms with Gasteiger partial charge in [0.25, 0.3) is 5.69 Å². The zero-order valence-corrected chi connectivity index (χ0v) is 14.0. The molecule has 9 heteroatoms.